The van der Waals surface area contributed by atoms with Crippen LogP contribution in [-0.4, -0.2) is 22.2 Å². The van der Waals surface area contributed by atoms with Gasteiger partial charge < -0.3 is 10.6 Å². The van der Waals surface area contributed by atoms with Crippen LogP contribution >= 0.6 is 0 Å². The summed E-state index contributed by atoms with van der Waals surface area (Å²) >= 11 is 0. The molecule has 16 heavy (non-hydrogen) atoms. The number of carbonyl (C=O) groups excluding carboxylic acids is 1. The van der Waals surface area contributed by atoms with Gasteiger partial charge >= 0.3 is 0 Å². The molecule has 2 rings (SSSR count). The molecule has 2 heterocycles. The van der Waals surface area contributed by atoms with Crippen molar-refractivity contribution < 1.29 is 4.79 Å². The molecule has 0 aliphatic carbocycles. The molecule has 1 unspecified atom stereocenters. The zero-order chi connectivity index (χ0) is 11.7. The Balaban J connectivity index is 2.27. The normalized spacial score (nSPS) is 19.7. The Bertz CT molecular complexity index is 410. The third-order valence-corrected chi connectivity index (χ3v) is 2.99. The lowest BCUT2D eigenvalue weighted by Crippen LogP contribution is -2.26. The second-order valence-corrected chi connectivity index (χ2v) is 4.29. The van der Waals surface area contributed by atoms with E-state index < -0.39 is 0 Å². The molecule has 1 aliphatic heterocycles. The third-order valence-electron chi connectivity index (χ3n) is 2.99. The van der Waals surface area contributed by atoms with Crippen molar-refractivity contribution in [2.45, 2.75) is 26.7 Å². The molecule has 1 atom stereocenters. The number of hydrogen-bond donors (Lipinski definition) is 2. The van der Waals surface area contributed by atoms with Crippen LogP contribution in [0, 0.1) is 12.8 Å². The van der Waals surface area contributed by atoms with Crippen LogP contribution < -0.4 is 10.6 Å². The number of aromatic nitrogens is 2. The molecule has 1 aromatic heterocycles. The first kappa shape index (κ1) is 11.0. The van der Waals surface area contributed by atoms with Crippen molar-refractivity contribution in [1.82, 2.24) is 9.78 Å². The van der Waals surface area contributed by atoms with Gasteiger partial charge in [-0.3, -0.25) is 9.48 Å². The van der Waals surface area contributed by atoms with E-state index in [0.717, 1.165) is 30.0 Å². The van der Waals surface area contributed by atoms with Crippen molar-refractivity contribution in [2.24, 2.45) is 13.0 Å². The first-order chi connectivity index (χ1) is 7.63. The van der Waals surface area contributed by atoms with Crippen LogP contribution in [-0.2, 0) is 11.8 Å². The highest BCUT2D eigenvalue weighted by Crippen LogP contribution is 2.28. The zero-order valence-electron chi connectivity index (χ0n) is 10.0. The second kappa shape index (κ2) is 4.15. The maximum atomic E-state index is 11.9. The molecule has 5 nitrogen and oxygen atoms in total. The van der Waals surface area contributed by atoms with Crippen LogP contribution in [0.3, 0.4) is 0 Å². The van der Waals surface area contributed by atoms with Crippen molar-refractivity contribution in [3.05, 3.63) is 5.69 Å². The van der Waals surface area contributed by atoms with E-state index in [0.29, 0.717) is 6.54 Å². The van der Waals surface area contributed by atoms with Crippen LogP contribution in [0.1, 0.15) is 25.5 Å². The number of aryl methyl sites for hydroxylation is 2. The topological polar surface area (TPSA) is 59.0 Å². The van der Waals surface area contributed by atoms with Gasteiger partial charge in [-0.1, -0.05) is 13.3 Å². The van der Waals surface area contributed by atoms with Gasteiger partial charge in [0.05, 0.1) is 11.6 Å². The maximum Gasteiger partial charge on any atom is 0.229 e. The van der Waals surface area contributed by atoms with Gasteiger partial charge in [0.2, 0.25) is 5.91 Å². The molecule has 0 saturated heterocycles. The van der Waals surface area contributed by atoms with Crippen molar-refractivity contribution in [1.29, 1.82) is 0 Å². The molecule has 1 aliphatic rings. The maximum absolute atomic E-state index is 11.9. The zero-order valence-corrected chi connectivity index (χ0v) is 10.0. The molecular formula is C11H18N4O. The number of fused-ring (bicyclic) bond motifs is 1. The van der Waals surface area contributed by atoms with Gasteiger partial charge in [-0.2, -0.15) is 5.10 Å². The fourth-order valence-electron chi connectivity index (χ4n) is 2.13. The summed E-state index contributed by atoms with van der Waals surface area (Å²) in [4.78, 5) is 11.9. The number of nitrogens with one attached hydrogen (secondary N) is 2. The minimum Gasteiger partial charge on any atom is -0.368 e. The summed E-state index contributed by atoms with van der Waals surface area (Å²) < 4.78 is 1.78. The molecule has 88 valence electrons. The Hall–Kier alpha value is -1.52. The average molecular weight is 222 g/mol. The van der Waals surface area contributed by atoms with Gasteiger partial charge in [-0.15, -0.1) is 0 Å². The highest BCUT2D eigenvalue weighted by atomic mass is 16.2. The summed E-state index contributed by atoms with van der Waals surface area (Å²) in [6.45, 7) is 4.69. The van der Waals surface area contributed by atoms with E-state index in [1.165, 1.54) is 0 Å². The summed E-state index contributed by atoms with van der Waals surface area (Å²) in [5, 5.41) is 10.5. The number of hydrogen-bond acceptors (Lipinski definition) is 3. The highest BCUT2D eigenvalue weighted by molar-refractivity contribution is 5.97. The fraction of sp³-hybridized carbons (Fsp3) is 0.636. The standard InChI is InChI=1S/C11H18N4O/c1-4-5-8-6-12-10-9(13-11(8)16)7(2)14-15(10)3/h8,12H,4-6H2,1-3H3,(H,13,16). The van der Waals surface area contributed by atoms with Crippen LogP contribution in [0.25, 0.3) is 0 Å². The minimum atomic E-state index is 0.0526. The molecule has 0 spiro atoms. The van der Waals surface area contributed by atoms with Gasteiger partial charge in [0.1, 0.15) is 11.5 Å². The molecule has 1 aromatic rings. The lowest BCUT2D eigenvalue weighted by molar-refractivity contribution is -0.119. The smallest absolute Gasteiger partial charge is 0.229 e. The summed E-state index contributed by atoms with van der Waals surface area (Å²) in [5.74, 6) is 1.06. The van der Waals surface area contributed by atoms with E-state index in [4.69, 9.17) is 0 Å². The third kappa shape index (κ3) is 1.77. The van der Waals surface area contributed by atoms with E-state index >= 15 is 0 Å². The molecule has 2 N–H and O–H groups in total. The van der Waals surface area contributed by atoms with Gasteiger partial charge in [-0.05, 0) is 13.3 Å². The molecule has 0 aromatic carbocycles. The Morgan fingerprint density at radius 2 is 2.31 bits per heavy atom. The summed E-state index contributed by atoms with van der Waals surface area (Å²) in [5.41, 5.74) is 1.68. The molecular weight excluding hydrogens is 204 g/mol. The number of nitrogens with zero attached hydrogens (tertiary/aromatic N) is 2. The number of carbonyl (C=O) groups is 1. The predicted molar refractivity (Wildman–Crippen MR) is 63.5 cm³/mol. The SMILES string of the molecule is CCCC1CNc2c(c(C)nn2C)NC1=O. The van der Waals surface area contributed by atoms with E-state index in [1.807, 2.05) is 14.0 Å². The Morgan fingerprint density at radius 1 is 1.56 bits per heavy atom. The average Bonchev–Trinajstić information content (AvgIpc) is 2.42. The van der Waals surface area contributed by atoms with Gasteiger partial charge in [0, 0.05) is 13.6 Å². The molecule has 0 fully saturated rings. The molecule has 0 saturated carbocycles. The van der Waals surface area contributed by atoms with Gasteiger partial charge in [0.25, 0.3) is 0 Å². The van der Waals surface area contributed by atoms with Crippen molar-refractivity contribution in [3.63, 3.8) is 0 Å². The summed E-state index contributed by atoms with van der Waals surface area (Å²) in [7, 11) is 1.88. The Kier molecular flexibility index (Phi) is 2.85. The van der Waals surface area contributed by atoms with Gasteiger partial charge in [-0.25, -0.2) is 0 Å². The Labute approximate surface area is 95.2 Å². The number of amides is 1. The first-order valence-electron chi connectivity index (χ1n) is 5.71. The highest BCUT2D eigenvalue weighted by Gasteiger charge is 2.25. The van der Waals surface area contributed by atoms with Crippen LogP contribution in [0.15, 0.2) is 0 Å². The lowest BCUT2D eigenvalue weighted by Gasteiger charge is -2.11. The van der Waals surface area contributed by atoms with Crippen molar-refractivity contribution in [3.8, 4) is 0 Å². The monoisotopic (exact) mass is 222 g/mol. The fourth-order valence-corrected chi connectivity index (χ4v) is 2.13. The van der Waals surface area contributed by atoms with Crippen LogP contribution in [0.4, 0.5) is 11.5 Å². The predicted octanol–water partition coefficient (Wildman–Crippen LogP) is 1.51. The quantitative estimate of drug-likeness (QED) is 0.797. The van der Waals surface area contributed by atoms with E-state index in [-0.39, 0.29) is 11.8 Å². The lowest BCUT2D eigenvalue weighted by atomic mass is 10.0. The number of anilines is 2. The van der Waals surface area contributed by atoms with E-state index in [1.54, 1.807) is 4.68 Å². The number of rotatable bonds is 2. The van der Waals surface area contributed by atoms with Crippen LogP contribution in [0.2, 0.25) is 0 Å². The Morgan fingerprint density at radius 3 is 3.00 bits per heavy atom. The molecule has 1 amide bonds. The second-order valence-electron chi connectivity index (χ2n) is 4.29. The molecule has 0 radical (unpaired) electrons. The van der Waals surface area contributed by atoms with E-state index in [9.17, 15) is 4.79 Å². The van der Waals surface area contributed by atoms with E-state index in [2.05, 4.69) is 22.7 Å². The largest absolute Gasteiger partial charge is 0.368 e. The van der Waals surface area contributed by atoms with Crippen LogP contribution in [0.5, 0.6) is 0 Å². The van der Waals surface area contributed by atoms with Gasteiger partial charge in [0.15, 0.2) is 0 Å². The van der Waals surface area contributed by atoms with Crippen molar-refractivity contribution in [2.75, 3.05) is 17.2 Å². The minimum absolute atomic E-state index is 0.0526. The van der Waals surface area contributed by atoms with Crippen molar-refractivity contribution >= 4 is 17.4 Å². The molecule has 0 bridgehead atoms. The first-order valence-corrected chi connectivity index (χ1v) is 5.71. The summed E-state index contributed by atoms with van der Waals surface area (Å²) in [6.07, 6.45) is 1.94. The molecule has 5 heteroatoms. The summed E-state index contributed by atoms with van der Waals surface area (Å²) in [6, 6.07) is 0.